The summed E-state index contributed by atoms with van der Waals surface area (Å²) in [6.07, 6.45) is 0. The normalized spacial score (nSPS) is 14.9. The molecule has 1 aliphatic heterocycles. The van der Waals surface area contributed by atoms with Gasteiger partial charge in [0.25, 0.3) is 0 Å². The maximum atomic E-state index is 9.66. The number of morpholine rings is 1. The monoisotopic (exact) mass is 408 g/mol. The van der Waals surface area contributed by atoms with Crippen LogP contribution in [-0.2, 0) is 16.8 Å². The number of hydrogen-bond donors (Lipinski definition) is 1. The molecule has 0 amide bonds. The molecule has 1 aromatic carbocycles. The average molecular weight is 409 g/mol. The highest BCUT2D eigenvalue weighted by atomic mass is 16.5. The first kappa shape index (κ1) is 20.5. The minimum absolute atomic E-state index is 0.0951. The number of nitrogens with zero attached hydrogens (tertiary/aromatic N) is 4. The second kappa shape index (κ2) is 8.16. The molecular formula is C23H28N4O3. The number of aliphatic hydroxyl groups excluding tert-OH is 1. The average Bonchev–Trinajstić information content (AvgIpc) is 2.77. The maximum Gasteiger partial charge on any atom is 0.165 e. The molecule has 1 N–H and O–H groups in total. The predicted octanol–water partition coefficient (Wildman–Crippen LogP) is 3.33. The molecule has 2 aromatic heterocycles. The van der Waals surface area contributed by atoms with Gasteiger partial charge in [-0.05, 0) is 30.3 Å². The lowest BCUT2D eigenvalue weighted by Gasteiger charge is -2.30. The summed E-state index contributed by atoms with van der Waals surface area (Å²) < 4.78 is 10.8. The van der Waals surface area contributed by atoms with E-state index in [0.29, 0.717) is 24.6 Å². The van der Waals surface area contributed by atoms with E-state index in [1.165, 1.54) is 0 Å². The molecule has 1 aliphatic rings. The molecule has 3 heterocycles. The van der Waals surface area contributed by atoms with Gasteiger partial charge >= 0.3 is 0 Å². The van der Waals surface area contributed by atoms with E-state index in [9.17, 15) is 5.11 Å². The SMILES string of the molecule is COc1ccc(-c2ccc3c(N4CCOCC4)nc(C(C)(C)C)nc3n2)cc1CO. The first-order valence-corrected chi connectivity index (χ1v) is 10.2. The summed E-state index contributed by atoms with van der Waals surface area (Å²) in [7, 11) is 1.60. The van der Waals surface area contributed by atoms with Crippen LogP contribution in [0.3, 0.4) is 0 Å². The van der Waals surface area contributed by atoms with Gasteiger partial charge in [0.15, 0.2) is 5.65 Å². The number of pyridine rings is 1. The summed E-state index contributed by atoms with van der Waals surface area (Å²) in [5, 5.41) is 10.6. The van der Waals surface area contributed by atoms with Gasteiger partial charge in [0.1, 0.15) is 17.4 Å². The van der Waals surface area contributed by atoms with Gasteiger partial charge in [0.2, 0.25) is 0 Å². The summed E-state index contributed by atoms with van der Waals surface area (Å²) in [6.45, 7) is 9.22. The largest absolute Gasteiger partial charge is 0.496 e. The minimum Gasteiger partial charge on any atom is -0.496 e. The fraction of sp³-hybridized carbons (Fsp3) is 0.435. The molecular weight excluding hydrogens is 380 g/mol. The Balaban J connectivity index is 1.85. The van der Waals surface area contributed by atoms with E-state index in [1.54, 1.807) is 7.11 Å². The van der Waals surface area contributed by atoms with E-state index in [1.807, 2.05) is 30.3 Å². The lowest BCUT2D eigenvalue weighted by molar-refractivity contribution is 0.122. The second-order valence-corrected chi connectivity index (χ2v) is 8.47. The van der Waals surface area contributed by atoms with Crippen LogP contribution in [0, 0.1) is 0 Å². The van der Waals surface area contributed by atoms with Gasteiger partial charge in [0, 0.05) is 29.6 Å². The quantitative estimate of drug-likeness (QED) is 0.709. The van der Waals surface area contributed by atoms with Crippen molar-refractivity contribution in [3.05, 3.63) is 41.7 Å². The van der Waals surface area contributed by atoms with Crippen molar-refractivity contribution in [2.45, 2.75) is 32.8 Å². The van der Waals surface area contributed by atoms with Crippen molar-refractivity contribution in [2.75, 3.05) is 38.3 Å². The van der Waals surface area contributed by atoms with Crippen LogP contribution in [0.1, 0.15) is 32.2 Å². The van der Waals surface area contributed by atoms with Crippen LogP contribution >= 0.6 is 0 Å². The summed E-state index contributed by atoms with van der Waals surface area (Å²) in [5.41, 5.74) is 2.91. The van der Waals surface area contributed by atoms with Crippen molar-refractivity contribution in [2.24, 2.45) is 0 Å². The Morgan fingerprint density at radius 3 is 2.50 bits per heavy atom. The van der Waals surface area contributed by atoms with Crippen molar-refractivity contribution in [3.8, 4) is 17.0 Å². The summed E-state index contributed by atoms with van der Waals surface area (Å²) >= 11 is 0. The van der Waals surface area contributed by atoms with E-state index in [-0.39, 0.29) is 12.0 Å². The molecule has 7 heteroatoms. The number of fused-ring (bicyclic) bond motifs is 1. The Hall–Kier alpha value is -2.77. The van der Waals surface area contributed by atoms with Crippen LogP contribution in [0.25, 0.3) is 22.3 Å². The number of aliphatic hydroxyl groups is 1. The highest BCUT2D eigenvalue weighted by Gasteiger charge is 2.24. The molecule has 0 bridgehead atoms. The van der Waals surface area contributed by atoms with Crippen molar-refractivity contribution in [3.63, 3.8) is 0 Å². The number of methoxy groups -OCH3 is 1. The fourth-order valence-corrected chi connectivity index (χ4v) is 3.57. The van der Waals surface area contributed by atoms with Crippen LogP contribution in [0.4, 0.5) is 5.82 Å². The van der Waals surface area contributed by atoms with Crippen LogP contribution in [0.2, 0.25) is 0 Å². The lowest BCUT2D eigenvalue weighted by Crippen LogP contribution is -2.37. The molecule has 0 unspecified atom stereocenters. The van der Waals surface area contributed by atoms with Gasteiger partial charge in [-0.2, -0.15) is 0 Å². The molecule has 30 heavy (non-hydrogen) atoms. The van der Waals surface area contributed by atoms with E-state index in [2.05, 4.69) is 25.7 Å². The van der Waals surface area contributed by atoms with Crippen molar-refractivity contribution < 1.29 is 14.6 Å². The smallest absolute Gasteiger partial charge is 0.165 e. The summed E-state index contributed by atoms with van der Waals surface area (Å²) in [6, 6.07) is 9.72. The van der Waals surface area contributed by atoms with Gasteiger partial charge in [0.05, 0.1) is 38.0 Å². The highest BCUT2D eigenvalue weighted by Crippen LogP contribution is 2.31. The molecule has 158 valence electrons. The number of anilines is 1. The topological polar surface area (TPSA) is 80.6 Å². The predicted molar refractivity (Wildman–Crippen MR) is 117 cm³/mol. The van der Waals surface area contributed by atoms with E-state index >= 15 is 0 Å². The Morgan fingerprint density at radius 2 is 1.83 bits per heavy atom. The van der Waals surface area contributed by atoms with Crippen LogP contribution in [0.15, 0.2) is 30.3 Å². The van der Waals surface area contributed by atoms with Gasteiger partial charge in [-0.25, -0.2) is 15.0 Å². The zero-order valence-corrected chi connectivity index (χ0v) is 18.0. The van der Waals surface area contributed by atoms with Crippen molar-refractivity contribution in [1.82, 2.24) is 15.0 Å². The van der Waals surface area contributed by atoms with Crippen LogP contribution in [0.5, 0.6) is 5.75 Å². The third-order valence-electron chi connectivity index (χ3n) is 5.27. The number of benzene rings is 1. The third-order valence-corrected chi connectivity index (χ3v) is 5.27. The second-order valence-electron chi connectivity index (χ2n) is 8.47. The van der Waals surface area contributed by atoms with Crippen LogP contribution in [-0.4, -0.2) is 53.5 Å². The Morgan fingerprint density at radius 1 is 1.07 bits per heavy atom. The molecule has 0 atom stereocenters. The lowest BCUT2D eigenvalue weighted by atomic mass is 9.95. The van der Waals surface area contributed by atoms with Gasteiger partial charge < -0.3 is 19.5 Å². The van der Waals surface area contributed by atoms with Crippen molar-refractivity contribution in [1.29, 1.82) is 0 Å². The molecule has 1 fully saturated rings. The molecule has 0 radical (unpaired) electrons. The minimum atomic E-state index is -0.197. The summed E-state index contributed by atoms with van der Waals surface area (Å²) in [4.78, 5) is 16.9. The maximum absolute atomic E-state index is 9.66. The molecule has 7 nitrogen and oxygen atoms in total. The van der Waals surface area contributed by atoms with Gasteiger partial charge in [-0.15, -0.1) is 0 Å². The molecule has 4 rings (SSSR count). The molecule has 3 aromatic rings. The Bertz CT molecular complexity index is 1060. The zero-order chi connectivity index (χ0) is 21.3. The van der Waals surface area contributed by atoms with Crippen molar-refractivity contribution >= 4 is 16.9 Å². The molecule has 0 aliphatic carbocycles. The van der Waals surface area contributed by atoms with Crippen LogP contribution < -0.4 is 9.64 Å². The number of aromatic nitrogens is 3. The summed E-state index contributed by atoms with van der Waals surface area (Å²) in [5.74, 6) is 2.35. The highest BCUT2D eigenvalue weighted by molar-refractivity contribution is 5.89. The van der Waals surface area contributed by atoms with E-state index < -0.39 is 0 Å². The van der Waals surface area contributed by atoms with Gasteiger partial charge in [-0.1, -0.05) is 20.8 Å². The fourth-order valence-electron chi connectivity index (χ4n) is 3.57. The van der Waals surface area contributed by atoms with Gasteiger partial charge in [-0.3, -0.25) is 0 Å². The molecule has 0 saturated carbocycles. The Labute approximate surface area is 176 Å². The third kappa shape index (κ3) is 3.95. The number of ether oxygens (including phenoxy) is 2. The zero-order valence-electron chi connectivity index (χ0n) is 18.0. The van der Waals surface area contributed by atoms with E-state index in [0.717, 1.165) is 46.9 Å². The standard InChI is InChI=1S/C23H28N4O3/c1-23(2,3)22-25-20-17(21(26-22)27-9-11-30-12-10-27)6-7-18(24-20)15-5-8-19(29-4)16(13-15)14-28/h5-8,13,28H,9-12,14H2,1-4H3. The molecule has 1 saturated heterocycles. The first-order valence-electron chi connectivity index (χ1n) is 10.2. The van der Waals surface area contributed by atoms with E-state index in [4.69, 9.17) is 24.4 Å². The number of rotatable bonds is 4. The molecule has 0 spiro atoms. The number of hydrogen-bond acceptors (Lipinski definition) is 7. The first-order chi connectivity index (χ1) is 14.4. The Kier molecular flexibility index (Phi) is 5.58.